The lowest BCUT2D eigenvalue weighted by Crippen LogP contribution is -2.54. The third-order valence-corrected chi connectivity index (χ3v) is 6.14. The topological polar surface area (TPSA) is 41.3 Å². The molecule has 3 N–H and O–H groups in total. The minimum Gasteiger partial charge on any atom is -0.381 e. The molecule has 0 aromatic heterocycles. The van der Waals surface area contributed by atoms with Crippen LogP contribution in [0.15, 0.2) is 18.2 Å². The summed E-state index contributed by atoms with van der Waals surface area (Å²) < 4.78 is 0. The number of hydrogen-bond acceptors (Lipinski definition) is 3. The van der Waals surface area contributed by atoms with Crippen molar-refractivity contribution in [1.82, 2.24) is 4.90 Å². The molecule has 120 valence electrons. The van der Waals surface area contributed by atoms with Gasteiger partial charge >= 0.3 is 0 Å². The van der Waals surface area contributed by atoms with Gasteiger partial charge in [0.05, 0.1) is 0 Å². The van der Waals surface area contributed by atoms with Crippen molar-refractivity contribution in [3.05, 3.63) is 29.3 Å². The first-order valence-electron chi connectivity index (χ1n) is 9.11. The summed E-state index contributed by atoms with van der Waals surface area (Å²) in [6, 6.07) is 8.54. The van der Waals surface area contributed by atoms with Gasteiger partial charge in [-0.15, -0.1) is 0 Å². The van der Waals surface area contributed by atoms with E-state index in [2.05, 4.69) is 42.3 Å². The van der Waals surface area contributed by atoms with Gasteiger partial charge < -0.3 is 11.1 Å². The Labute approximate surface area is 134 Å². The van der Waals surface area contributed by atoms with Crippen LogP contribution in [-0.2, 0) is 0 Å². The molecule has 3 nitrogen and oxygen atoms in total. The molecule has 1 saturated heterocycles. The summed E-state index contributed by atoms with van der Waals surface area (Å²) in [6.45, 7) is 6.88. The third kappa shape index (κ3) is 2.10. The maximum atomic E-state index is 6.40. The minimum atomic E-state index is 0.330. The molecule has 5 atom stereocenters. The summed E-state index contributed by atoms with van der Waals surface area (Å²) in [5, 5.41) is 3.78. The Morgan fingerprint density at radius 3 is 2.86 bits per heavy atom. The zero-order valence-corrected chi connectivity index (χ0v) is 13.9. The molecule has 3 heteroatoms. The fourth-order valence-corrected chi connectivity index (χ4v) is 5.32. The third-order valence-electron chi connectivity index (χ3n) is 6.14. The van der Waals surface area contributed by atoms with Crippen molar-refractivity contribution in [2.45, 2.75) is 69.5 Å². The van der Waals surface area contributed by atoms with Crippen LogP contribution in [0.25, 0.3) is 0 Å². The van der Waals surface area contributed by atoms with E-state index in [0.717, 1.165) is 13.0 Å². The van der Waals surface area contributed by atoms with E-state index in [1.165, 1.54) is 31.5 Å². The highest BCUT2D eigenvalue weighted by atomic mass is 15.2. The Kier molecular flexibility index (Phi) is 3.66. The average Bonchev–Trinajstić information content (AvgIpc) is 2.88. The molecule has 1 aromatic carbocycles. The Bertz CT molecular complexity index is 556. The van der Waals surface area contributed by atoms with Crippen molar-refractivity contribution in [3.8, 4) is 0 Å². The Morgan fingerprint density at radius 1 is 1.23 bits per heavy atom. The number of likely N-dealkylation sites (tertiary alicyclic amines) is 1. The molecule has 0 bridgehead atoms. The van der Waals surface area contributed by atoms with E-state index in [0.29, 0.717) is 30.0 Å². The van der Waals surface area contributed by atoms with Crippen LogP contribution in [0.5, 0.6) is 0 Å². The van der Waals surface area contributed by atoms with E-state index in [1.54, 1.807) is 11.1 Å². The van der Waals surface area contributed by atoms with E-state index in [-0.39, 0.29) is 0 Å². The second-order valence-electron chi connectivity index (χ2n) is 7.47. The molecule has 4 rings (SSSR count). The van der Waals surface area contributed by atoms with Crippen molar-refractivity contribution in [2.75, 3.05) is 18.4 Å². The van der Waals surface area contributed by atoms with E-state index >= 15 is 0 Å². The zero-order valence-electron chi connectivity index (χ0n) is 13.9. The maximum Gasteiger partial charge on any atom is 0.0381 e. The normalized spacial score (nSPS) is 36.6. The SMILES string of the molecule is CCCN1C[C@@H](N)C[C@@H]2c3cccc4c3C(C[C@H]21)C(CC)N4. The second kappa shape index (κ2) is 5.54. The summed E-state index contributed by atoms with van der Waals surface area (Å²) in [5.74, 6) is 1.34. The van der Waals surface area contributed by atoms with Crippen molar-refractivity contribution < 1.29 is 0 Å². The van der Waals surface area contributed by atoms with Crippen LogP contribution in [0.4, 0.5) is 5.69 Å². The first-order valence-corrected chi connectivity index (χ1v) is 9.11. The number of fused-ring (bicyclic) bond motifs is 2. The smallest absolute Gasteiger partial charge is 0.0381 e. The molecule has 22 heavy (non-hydrogen) atoms. The van der Waals surface area contributed by atoms with Gasteiger partial charge in [0.15, 0.2) is 0 Å². The predicted octanol–water partition coefficient (Wildman–Crippen LogP) is 3.27. The van der Waals surface area contributed by atoms with Crippen molar-refractivity contribution in [2.24, 2.45) is 5.73 Å². The zero-order chi connectivity index (χ0) is 15.3. The Balaban J connectivity index is 1.76. The largest absolute Gasteiger partial charge is 0.381 e. The van der Waals surface area contributed by atoms with E-state index < -0.39 is 0 Å². The van der Waals surface area contributed by atoms with Gasteiger partial charge in [-0.3, -0.25) is 4.90 Å². The van der Waals surface area contributed by atoms with Crippen LogP contribution in [0.3, 0.4) is 0 Å². The summed E-state index contributed by atoms with van der Waals surface area (Å²) in [6.07, 6.45) is 4.91. The summed E-state index contributed by atoms with van der Waals surface area (Å²) in [5.41, 5.74) is 11.0. The first-order chi connectivity index (χ1) is 10.7. The lowest BCUT2D eigenvalue weighted by Gasteiger charge is -2.48. The van der Waals surface area contributed by atoms with Crippen molar-refractivity contribution in [1.29, 1.82) is 0 Å². The van der Waals surface area contributed by atoms with Gasteiger partial charge in [-0.05, 0) is 49.4 Å². The summed E-state index contributed by atoms with van der Waals surface area (Å²) in [4.78, 5) is 2.69. The number of hydrogen-bond donors (Lipinski definition) is 2. The number of rotatable bonds is 3. The number of benzene rings is 1. The summed E-state index contributed by atoms with van der Waals surface area (Å²) >= 11 is 0. The monoisotopic (exact) mass is 299 g/mol. The second-order valence-corrected chi connectivity index (χ2v) is 7.47. The van der Waals surface area contributed by atoms with Crippen LogP contribution < -0.4 is 11.1 Å². The average molecular weight is 299 g/mol. The van der Waals surface area contributed by atoms with E-state index in [1.807, 2.05) is 0 Å². The molecule has 1 fully saturated rings. The van der Waals surface area contributed by atoms with Gasteiger partial charge in [0.2, 0.25) is 0 Å². The van der Waals surface area contributed by atoms with Crippen LogP contribution in [-0.4, -0.2) is 36.1 Å². The standard InChI is InChI=1S/C19H29N3/c1-3-8-22-11-12(20)9-14-13-6-5-7-17-19(13)15(10-18(14)22)16(4-2)21-17/h5-7,12,14-16,18,21H,3-4,8-11,20H2,1-2H3/t12-,14+,15?,16?,18+/m0/s1. The van der Waals surface area contributed by atoms with Crippen molar-refractivity contribution in [3.63, 3.8) is 0 Å². The molecule has 0 spiro atoms. The number of nitrogens with one attached hydrogen (secondary N) is 1. The van der Waals surface area contributed by atoms with Gasteiger partial charge in [-0.25, -0.2) is 0 Å². The van der Waals surface area contributed by atoms with Crippen molar-refractivity contribution >= 4 is 5.69 Å². The quantitative estimate of drug-likeness (QED) is 0.900. The van der Waals surface area contributed by atoms with Crippen LogP contribution in [0, 0.1) is 0 Å². The van der Waals surface area contributed by atoms with Gasteiger partial charge in [0.25, 0.3) is 0 Å². The number of nitrogens with two attached hydrogens (primary N) is 1. The molecular weight excluding hydrogens is 270 g/mol. The highest BCUT2D eigenvalue weighted by Gasteiger charge is 2.46. The lowest BCUT2D eigenvalue weighted by atomic mass is 9.68. The number of piperidine rings is 1. The molecule has 3 aliphatic rings. The van der Waals surface area contributed by atoms with Gasteiger partial charge in [0.1, 0.15) is 0 Å². The molecule has 1 aromatic rings. The number of anilines is 1. The summed E-state index contributed by atoms with van der Waals surface area (Å²) in [7, 11) is 0. The lowest BCUT2D eigenvalue weighted by molar-refractivity contribution is 0.0912. The molecule has 0 saturated carbocycles. The maximum absolute atomic E-state index is 6.40. The molecular formula is C19H29N3. The van der Waals surface area contributed by atoms with Gasteiger partial charge in [-0.1, -0.05) is 26.0 Å². The van der Waals surface area contributed by atoms with E-state index in [4.69, 9.17) is 5.73 Å². The molecule has 2 aliphatic heterocycles. The first kappa shape index (κ1) is 14.5. The van der Waals surface area contributed by atoms with E-state index in [9.17, 15) is 0 Å². The highest BCUT2D eigenvalue weighted by molar-refractivity contribution is 5.64. The van der Waals surface area contributed by atoms with Gasteiger partial charge in [0, 0.05) is 42.2 Å². The minimum absolute atomic E-state index is 0.330. The molecule has 0 radical (unpaired) electrons. The van der Waals surface area contributed by atoms with Crippen LogP contribution in [0.1, 0.15) is 62.5 Å². The highest BCUT2D eigenvalue weighted by Crippen LogP contribution is 2.52. The Morgan fingerprint density at radius 2 is 2.09 bits per heavy atom. The molecule has 2 unspecified atom stereocenters. The number of nitrogens with zero attached hydrogens (tertiary/aromatic N) is 1. The molecule has 2 heterocycles. The fraction of sp³-hybridized carbons (Fsp3) is 0.684. The fourth-order valence-electron chi connectivity index (χ4n) is 5.32. The molecule has 0 amide bonds. The van der Waals surface area contributed by atoms with Crippen LogP contribution >= 0.6 is 0 Å². The van der Waals surface area contributed by atoms with Gasteiger partial charge in [-0.2, -0.15) is 0 Å². The molecule has 1 aliphatic carbocycles. The predicted molar refractivity (Wildman–Crippen MR) is 92.5 cm³/mol. The Hall–Kier alpha value is -1.06. The van der Waals surface area contributed by atoms with Crippen LogP contribution in [0.2, 0.25) is 0 Å².